The predicted molar refractivity (Wildman–Crippen MR) is 156 cm³/mol. The summed E-state index contributed by atoms with van der Waals surface area (Å²) in [4.78, 5) is 30.2. The van der Waals surface area contributed by atoms with Crippen molar-refractivity contribution in [3.8, 4) is 0 Å². The van der Waals surface area contributed by atoms with Gasteiger partial charge in [0.15, 0.2) is 0 Å². The number of thioether (sulfide) groups is 2. The van der Waals surface area contributed by atoms with Gasteiger partial charge in [-0.25, -0.2) is 9.18 Å². The lowest BCUT2D eigenvalue weighted by atomic mass is 10.1. The maximum absolute atomic E-state index is 13.6. The van der Waals surface area contributed by atoms with Crippen LogP contribution in [0.1, 0.15) is 13.3 Å². The third-order valence-corrected chi connectivity index (χ3v) is 9.13. The van der Waals surface area contributed by atoms with E-state index in [2.05, 4.69) is 22.8 Å². The third-order valence-electron chi connectivity index (χ3n) is 6.18. The Hall–Kier alpha value is -3.20. The highest BCUT2D eigenvalue weighted by molar-refractivity contribution is 8.00. The summed E-state index contributed by atoms with van der Waals surface area (Å²) in [5, 5.41) is 5.56. The number of urea groups is 1. The fraction of sp³-hybridized carbons (Fsp3) is 0.172. The van der Waals surface area contributed by atoms with Crippen LogP contribution in [0.25, 0.3) is 0 Å². The molecule has 0 saturated carbocycles. The molecule has 2 N–H and O–H groups in total. The summed E-state index contributed by atoms with van der Waals surface area (Å²) in [6.07, 6.45) is 8.75. The van der Waals surface area contributed by atoms with Gasteiger partial charge in [0, 0.05) is 21.2 Å². The molecule has 194 valence electrons. The largest absolute Gasteiger partial charge is 0.326 e. The lowest BCUT2D eigenvalue weighted by Crippen LogP contribution is -2.49. The molecule has 0 fully saturated rings. The summed E-state index contributed by atoms with van der Waals surface area (Å²) >= 11 is 9.00. The molecule has 1 aliphatic carbocycles. The van der Waals surface area contributed by atoms with Gasteiger partial charge >= 0.3 is 6.03 Å². The Kier molecular flexibility index (Phi) is 8.12. The van der Waals surface area contributed by atoms with Gasteiger partial charge in [-0.05, 0) is 55.0 Å². The second-order valence-electron chi connectivity index (χ2n) is 8.77. The summed E-state index contributed by atoms with van der Waals surface area (Å²) in [6.45, 7) is 1.93. The molecule has 3 amide bonds. The van der Waals surface area contributed by atoms with Crippen molar-refractivity contribution >= 4 is 64.1 Å². The Morgan fingerprint density at radius 2 is 1.82 bits per heavy atom. The van der Waals surface area contributed by atoms with Crippen molar-refractivity contribution in [3.63, 3.8) is 0 Å². The first-order valence-corrected chi connectivity index (χ1v) is 14.3. The van der Waals surface area contributed by atoms with Gasteiger partial charge in [-0.1, -0.05) is 61.0 Å². The maximum atomic E-state index is 13.6. The van der Waals surface area contributed by atoms with E-state index in [0.29, 0.717) is 17.8 Å². The predicted octanol–water partition coefficient (Wildman–Crippen LogP) is 8.00. The first kappa shape index (κ1) is 26.4. The molecule has 3 aromatic rings. The molecule has 1 heterocycles. The number of benzene rings is 3. The number of hydrogen-bond acceptors (Lipinski definition) is 4. The molecular formula is C29H25ClFN3O2S2. The van der Waals surface area contributed by atoms with E-state index in [1.54, 1.807) is 11.8 Å². The number of nitrogens with zero attached hydrogens (tertiary/aromatic N) is 1. The van der Waals surface area contributed by atoms with Crippen LogP contribution in [0.3, 0.4) is 0 Å². The van der Waals surface area contributed by atoms with Crippen LogP contribution in [0.15, 0.2) is 101 Å². The van der Waals surface area contributed by atoms with Gasteiger partial charge in [-0.3, -0.25) is 9.69 Å². The number of allylic oxidation sites excluding steroid dienone is 2. The van der Waals surface area contributed by atoms with Gasteiger partial charge in [0.1, 0.15) is 5.82 Å². The van der Waals surface area contributed by atoms with E-state index in [-0.39, 0.29) is 28.3 Å². The van der Waals surface area contributed by atoms with Gasteiger partial charge < -0.3 is 10.6 Å². The molecule has 3 aromatic carbocycles. The van der Waals surface area contributed by atoms with Crippen molar-refractivity contribution < 1.29 is 14.0 Å². The summed E-state index contributed by atoms with van der Waals surface area (Å²) in [5.74, 6) is -0.747. The van der Waals surface area contributed by atoms with E-state index in [9.17, 15) is 14.0 Å². The number of rotatable bonds is 6. The first-order valence-electron chi connectivity index (χ1n) is 12.2. The molecule has 0 saturated heterocycles. The molecule has 3 atom stereocenters. The average Bonchev–Trinajstić information content (AvgIpc) is 2.92. The van der Waals surface area contributed by atoms with E-state index < -0.39 is 11.1 Å². The van der Waals surface area contributed by atoms with E-state index in [4.69, 9.17) is 11.6 Å². The van der Waals surface area contributed by atoms with Gasteiger partial charge in [-0.2, -0.15) is 0 Å². The SMILES string of the molecule is CCC(Sc1cccc(NC(=O)N2c3ccccc3SC3C=CC=CC32)c1)C(=O)Nc1ccc(F)c(Cl)c1. The lowest BCUT2D eigenvalue weighted by Gasteiger charge is -2.40. The number of para-hydroxylation sites is 1. The highest BCUT2D eigenvalue weighted by Gasteiger charge is 2.36. The number of fused-ring (bicyclic) bond motifs is 2. The molecule has 5 rings (SSSR count). The number of carbonyl (C=O) groups excluding carboxylic acids is 2. The van der Waals surface area contributed by atoms with Crippen molar-refractivity contribution in [1.82, 2.24) is 0 Å². The highest BCUT2D eigenvalue weighted by atomic mass is 35.5. The van der Waals surface area contributed by atoms with Crippen LogP contribution >= 0.6 is 35.1 Å². The van der Waals surface area contributed by atoms with E-state index in [0.717, 1.165) is 15.5 Å². The van der Waals surface area contributed by atoms with E-state index in [1.165, 1.54) is 30.0 Å². The summed E-state index contributed by atoms with van der Waals surface area (Å²) in [5.41, 5.74) is 1.96. The number of amides is 3. The Morgan fingerprint density at radius 3 is 2.63 bits per heavy atom. The smallest absolute Gasteiger partial charge is 0.325 e. The molecule has 1 aliphatic heterocycles. The zero-order chi connectivity index (χ0) is 26.6. The zero-order valence-corrected chi connectivity index (χ0v) is 22.8. The molecule has 0 bridgehead atoms. The minimum Gasteiger partial charge on any atom is -0.325 e. The van der Waals surface area contributed by atoms with Crippen molar-refractivity contribution in [2.45, 2.75) is 39.7 Å². The topological polar surface area (TPSA) is 61.4 Å². The molecule has 0 spiro atoms. The molecule has 5 nitrogen and oxygen atoms in total. The van der Waals surface area contributed by atoms with Gasteiger partial charge in [0.25, 0.3) is 0 Å². The number of hydrogen-bond donors (Lipinski definition) is 2. The number of anilines is 3. The monoisotopic (exact) mass is 565 g/mol. The minimum absolute atomic E-state index is 0.0482. The molecule has 2 aliphatic rings. The van der Waals surface area contributed by atoms with E-state index >= 15 is 0 Å². The second kappa shape index (κ2) is 11.7. The summed E-state index contributed by atoms with van der Waals surface area (Å²) in [7, 11) is 0. The van der Waals surface area contributed by atoms with E-state index in [1.807, 2.05) is 72.5 Å². The van der Waals surface area contributed by atoms with Crippen molar-refractivity contribution in [2.75, 3.05) is 15.5 Å². The van der Waals surface area contributed by atoms with Gasteiger partial charge in [-0.15, -0.1) is 23.5 Å². The minimum atomic E-state index is -0.539. The fourth-order valence-electron chi connectivity index (χ4n) is 4.34. The molecular weight excluding hydrogens is 541 g/mol. The highest BCUT2D eigenvalue weighted by Crippen LogP contribution is 2.43. The number of nitrogens with one attached hydrogen (secondary N) is 2. The average molecular weight is 566 g/mol. The Morgan fingerprint density at radius 1 is 1.03 bits per heavy atom. The van der Waals surface area contributed by atoms with Crippen LogP contribution in [-0.2, 0) is 4.79 Å². The maximum Gasteiger partial charge on any atom is 0.326 e. The quantitative estimate of drug-likeness (QED) is 0.297. The van der Waals surface area contributed by atoms with Crippen LogP contribution in [-0.4, -0.2) is 28.5 Å². The third kappa shape index (κ3) is 5.77. The normalized spacial score (nSPS) is 18.3. The fourth-order valence-corrected chi connectivity index (χ4v) is 6.79. The lowest BCUT2D eigenvalue weighted by molar-refractivity contribution is -0.115. The molecule has 0 radical (unpaired) electrons. The molecule has 9 heteroatoms. The summed E-state index contributed by atoms with van der Waals surface area (Å²) in [6, 6.07) is 19.2. The van der Waals surface area contributed by atoms with Gasteiger partial charge in [0.2, 0.25) is 5.91 Å². The zero-order valence-electron chi connectivity index (χ0n) is 20.4. The summed E-state index contributed by atoms with van der Waals surface area (Å²) < 4.78 is 13.5. The van der Waals surface area contributed by atoms with Crippen molar-refractivity contribution in [3.05, 3.63) is 102 Å². The van der Waals surface area contributed by atoms with Gasteiger partial charge in [0.05, 0.1) is 27.3 Å². The van der Waals surface area contributed by atoms with Crippen LogP contribution in [0.5, 0.6) is 0 Å². The second-order valence-corrected chi connectivity index (χ2v) is 11.7. The molecule has 0 aromatic heterocycles. The van der Waals surface area contributed by atoms with Crippen molar-refractivity contribution in [2.24, 2.45) is 0 Å². The number of halogens is 2. The number of carbonyl (C=O) groups is 2. The first-order chi connectivity index (χ1) is 18.4. The molecule has 3 unspecified atom stereocenters. The Bertz CT molecular complexity index is 1430. The van der Waals surface area contributed by atoms with Crippen molar-refractivity contribution in [1.29, 1.82) is 0 Å². The molecule has 38 heavy (non-hydrogen) atoms. The Labute approximate surface area is 234 Å². The van der Waals surface area contributed by atoms with Crippen LogP contribution < -0.4 is 15.5 Å². The van der Waals surface area contributed by atoms with Crippen LogP contribution in [0, 0.1) is 5.82 Å². The Balaban J connectivity index is 1.30. The van der Waals surface area contributed by atoms with Crippen LogP contribution in [0.4, 0.5) is 26.2 Å². The standard InChI is InChI=1S/C29H25ClFN3O2S2/c1-2-25(28(35)32-19-14-15-22(31)21(30)17-19)37-20-9-7-8-18(16-20)33-29(36)34-23-10-3-5-12-26(23)38-27-13-6-4-11-24(27)34/h3-17,23,25-26H,2H2,1H3,(H,32,35)(H,33,36). The van der Waals surface area contributed by atoms with Crippen LogP contribution in [0.2, 0.25) is 5.02 Å².